The second-order valence-corrected chi connectivity index (χ2v) is 8.25. The van der Waals surface area contributed by atoms with Crippen LogP contribution in [0.3, 0.4) is 0 Å². The molecule has 1 heterocycles. The van der Waals surface area contributed by atoms with Gasteiger partial charge >= 0.3 is 0 Å². The average molecular weight is 354 g/mol. The Morgan fingerprint density at radius 2 is 1.87 bits per heavy atom. The largest absolute Gasteiger partial charge is 0.492 e. The Balaban J connectivity index is 1.93. The van der Waals surface area contributed by atoms with E-state index in [4.69, 9.17) is 4.74 Å². The fourth-order valence-electron chi connectivity index (χ4n) is 2.21. The molecule has 1 aromatic carbocycles. The van der Waals surface area contributed by atoms with Crippen LogP contribution in [0.15, 0.2) is 46.0 Å². The molecule has 0 atom stereocenters. The summed E-state index contributed by atoms with van der Waals surface area (Å²) in [4.78, 5) is 0.352. The number of hydrogen-bond donors (Lipinski definition) is 0. The van der Waals surface area contributed by atoms with Crippen molar-refractivity contribution in [2.45, 2.75) is 31.6 Å². The number of benzene rings is 1. The van der Waals surface area contributed by atoms with E-state index in [1.807, 2.05) is 31.2 Å². The van der Waals surface area contributed by atoms with Crippen LogP contribution >= 0.6 is 11.3 Å². The van der Waals surface area contributed by atoms with Crippen LogP contribution in [0.2, 0.25) is 0 Å². The molecule has 4 nitrogen and oxygen atoms in total. The molecule has 23 heavy (non-hydrogen) atoms. The van der Waals surface area contributed by atoms with Crippen molar-refractivity contribution in [1.82, 2.24) is 4.31 Å². The Morgan fingerprint density at radius 3 is 2.39 bits per heavy atom. The molecule has 0 spiro atoms. The van der Waals surface area contributed by atoms with Crippen molar-refractivity contribution in [1.29, 1.82) is 0 Å². The fraction of sp³-hybridized carbons (Fsp3) is 0.412. The summed E-state index contributed by atoms with van der Waals surface area (Å²) in [6.45, 7) is 7.21. The molecular weight excluding hydrogens is 330 g/mol. The van der Waals surface area contributed by atoms with Crippen molar-refractivity contribution < 1.29 is 13.2 Å². The smallest absolute Gasteiger partial charge is 0.244 e. The molecule has 0 unspecified atom stereocenters. The molecule has 0 saturated carbocycles. The highest BCUT2D eigenvalue weighted by Gasteiger charge is 2.23. The van der Waals surface area contributed by atoms with Gasteiger partial charge in [0.05, 0.1) is 4.90 Å². The van der Waals surface area contributed by atoms with Crippen molar-refractivity contribution in [2.75, 3.05) is 19.7 Å². The van der Waals surface area contributed by atoms with Crippen molar-refractivity contribution in [3.8, 4) is 5.75 Å². The maximum absolute atomic E-state index is 12.5. The Bertz CT molecular complexity index is 692. The number of likely N-dealkylation sites (N-methyl/N-ethyl adjacent to an activating group) is 1. The molecule has 2 aromatic rings. The minimum atomic E-state index is -3.42. The lowest BCUT2D eigenvalue weighted by Crippen LogP contribution is -2.34. The van der Waals surface area contributed by atoms with Gasteiger partial charge in [-0.15, -0.1) is 0 Å². The van der Waals surface area contributed by atoms with E-state index in [0.717, 1.165) is 5.75 Å². The summed E-state index contributed by atoms with van der Waals surface area (Å²) in [5, 5.41) is 3.43. The van der Waals surface area contributed by atoms with Crippen molar-refractivity contribution in [3.05, 3.63) is 46.7 Å². The molecule has 0 aliphatic heterocycles. The van der Waals surface area contributed by atoms with E-state index in [9.17, 15) is 8.42 Å². The summed E-state index contributed by atoms with van der Waals surface area (Å²) in [5.74, 6) is 1.24. The predicted octanol–water partition coefficient (Wildman–Crippen LogP) is 3.96. The SMILES string of the molecule is CCN(CCOc1ccc(C(C)C)cc1)S(=O)(=O)c1ccsc1. The number of ether oxygens (including phenoxy) is 1. The predicted molar refractivity (Wildman–Crippen MR) is 94.8 cm³/mol. The van der Waals surface area contributed by atoms with Crippen molar-refractivity contribution in [2.24, 2.45) is 0 Å². The van der Waals surface area contributed by atoms with Gasteiger partial charge in [0.2, 0.25) is 10.0 Å². The van der Waals surface area contributed by atoms with Crippen LogP contribution < -0.4 is 4.74 Å². The van der Waals surface area contributed by atoms with E-state index in [1.54, 1.807) is 16.8 Å². The molecular formula is C17H23NO3S2. The van der Waals surface area contributed by atoms with Crippen LogP contribution in [-0.2, 0) is 10.0 Å². The lowest BCUT2D eigenvalue weighted by Gasteiger charge is -2.20. The van der Waals surface area contributed by atoms with E-state index in [0.29, 0.717) is 30.5 Å². The molecule has 0 aliphatic rings. The van der Waals surface area contributed by atoms with E-state index < -0.39 is 10.0 Å². The number of thiophene rings is 1. The van der Waals surface area contributed by atoms with Crippen LogP contribution in [0, 0.1) is 0 Å². The number of rotatable bonds is 8. The Kier molecular flexibility index (Phi) is 6.21. The Hall–Kier alpha value is -1.37. The molecule has 6 heteroatoms. The molecule has 126 valence electrons. The maximum Gasteiger partial charge on any atom is 0.244 e. The zero-order valence-corrected chi connectivity index (χ0v) is 15.4. The lowest BCUT2D eigenvalue weighted by atomic mass is 10.0. The minimum Gasteiger partial charge on any atom is -0.492 e. The third kappa shape index (κ3) is 4.56. The summed E-state index contributed by atoms with van der Waals surface area (Å²) in [7, 11) is -3.42. The highest BCUT2D eigenvalue weighted by atomic mass is 32.2. The van der Waals surface area contributed by atoms with Gasteiger partial charge < -0.3 is 4.74 Å². The first-order valence-electron chi connectivity index (χ1n) is 7.70. The van der Waals surface area contributed by atoms with Gasteiger partial charge in [0.15, 0.2) is 0 Å². The first kappa shape index (κ1) is 18.0. The topological polar surface area (TPSA) is 46.6 Å². The first-order valence-corrected chi connectivity index (χ1v) is 10.1. The molecule has 0 saturated heterocycles. The molecule has 1 aromatic heterocycles. The number of hydrogen-bond acceptors (Lipinski definition) is 4. The molecule has 2 rings (SSSR count). The molecule has 0 N–H and O–H groups in total. The standard InChI is InChI=1S/C17H23NO3S2/c1-4-18(23(19,20)17-9-12-22-13-17)10-11-21-16-7-5-15(6-8-16)14(2)3/h5-9,12-14H,4,10-11H2,1-3H3. The zero-order chi connectivity index (χ0) is 16.9. The van der Waals surface area contributed by atoms with Crippen LogP contribution in [0.4, 0.5) is 0 Å². The molecule has 0 radical (unpaired) electrons. The highest BCUT2D eigenvalue weighted by Crippen LogP contribution is 2.20. The summed E-state index contributed by atoms with van der Waals surface area (Å²) in [6, 6.07) is 9.57. The monoisotopic (exact) mass is 353 g/mol. The van der Waals surface area contributed by atoms with E-state index in [1.165, 1.54) is 21.2 Å². The van der Waals surface area contributed by atoms with Crippen molar-refractivity contribution in [3.63, 3.8) is 0 Å². The highest BCUT2D eigenvalue weighted by molar-refractivity contribution is 7.89. The van der Waals surface area contributed by atoms with Crippen LogP contribution in [0.5, 0.6) is 5.75 Å². The maximum atomic E-state index is 12.5. The van der Waals surface area contributed by atoms with E-state index in [-0.39, 0.29) is 0 Å². The van der Waals surface area contributed by atoms with Gasteiger partial charge in [0, 0.05) is 18.5 Å². The van der Waals surface area contributed by atoms with E-state index in [2.05, 4.69) is 13.8 Å². The van der Waals surface area contributed by atoms with Crippen molar-refractivity contribution >= 4 is 21.4 Å². The van der Waals surface area contributed by atoms with Gasteiger partial charge in [0.25, 0.3) is 0 Å². The quantitative estimate of drug-likeness (QED) is 0.721. The summed E-state index contributed by atoms with van der Waals surface area (Å²) >= 11 is 1.38. The normalized spacial score (nSPS) is 12.0. The third-order valence-electron chi connectivity index (χ3n) is 3.64. The summed E-state index contributed by atoms with van der Waals surface area (Å²) < 4.78 is 32.1. The van der Waals surface area contributed by atoms with Gasteiger partial charge in [-0.3, -0.25) is 0 Å². The van der Waals surface area contributed by atoms with Crippen LogP contribution in [0.25, 0.3) is 0 Å². The third-order valence-corrected chi connectivity index (χ3v) is 6.44. The van der Waals surface area contributed by atoms with Crippen LogP contribution in [0.1, 0.15) is 32.3 Å². The fourth-order valence-corrected chi connectivity index (χ4v) is 4.66. The van der Waals surface area contributed by atoms with Crippen LogP contribution in [-0.4, -0.2) is 32.4 Å². The van der Waals surface area contributed by atoms with E-state index >= 15 is 0 Å². The number of nitrogens with zero attached hydrogens (tertiary/aromatic N) is 1. The molecule has 0 aliphatic carbocycles. The van der Waals surface area contributed by atoms with Gasteiger partial charge in [-0.2, -0.15) is 15.6 Å². The summed E-state index contributed by atoms with van der Waals surface area (Å²) in [6.07, 6.45) is 0. The summed E-state index contributed by atoms with van der Waals surface area (Å²) in [5.41, 5.74) is 1.26. The van der Waals surface area contributed by atoms with Gasteiger partial charge in [-0.05, 0) is 35.1 Å². The number of sulfonamides is 1. The lowest BCUT2D eigenvalue weighted by molar-refractivity contribution is 0.276. The Labute approximate surface area is 142 Å². The zero-order valence-electron chi connectivity index (χ0n) is 13.7. The first-order chi connectivity index (χ1) is 10.9. The second kappa shape index (κ2) is 7.95. The van der Waals surface area contributed by atoms with Gasteiger partial charge in [-0.1, -0.05) is 32.9 Å². The second-order valence-electron chi connectivity index (χ2n) is 5.53. The molecule has 0 amide bonds. The minimum absolute atomic E-state index is 0.332. The molecule has 0 bridgehead atoms. The molecule has 0 fully saturated rings. The van der Waals surface area contributed by atoms with Gasteiger partial charge in [-0.25, -0.2) is 8.42 Å². The van der Waals surface area contributed by atoms with Gasteiger partial charge in [0.1, 0.15) is 12.4 Å². The Morgan fingerprint density at radius 1 is 1.17 bits per heavy atom. The average Bonchev–Trinajstić information content (AvgIpc) is 3.07.